The summed E-state index contributed by atoms with van der Waals surface area (Å²) in [6.07, 6.45) is 8.29. The van der Waals surface area contributed by atoms with Crippen molar-refractivity contribution < 1.29 is 14.3 Å². The minimum atomic E-state index is -0.201. The molecule has 1 heterocycles. The minimum absolute atomic E-state index is 0.00163. The maximum Gasteiger partial charge on any atom is 0.222 e. The van der Waals surface area contributed by atoms with Gasteiger partial charge in [0.2, 0.25) is 5.78 Å². The Bertz CT molecular complexity index is 688. The van der Waals surface area contributed by atoms with Crippen LogP contribution in [0.4, 0.5) is 0 Å². The molecule has 0 aromatic carbocycles. The normalized spacial score (nSPS) is 27.4. The fourth-order valence-corrected chi connectivity index (χ4v) is 4.77. The van der Waals surface area contributed by atoms with E-state index in [1.54, 1.807) is 12.5 Å². The van der Waals surface area contributed by atoms with Crippen molar-refractivity contribution in [1.29, 1.82) is 0 Å². The highest BCUT2D eigenvalue weighted by Gasteiger charge is 2.50. The molecule has 0 amide bonds. The van der Waals surface area contributed by atoms with Crippen molar-refractivity contribution in [2.45, 2.75) is 59.8 Å². The minimum Gasteiger partial charge on any atom is -0.504 e. The molecule has 23 heavy (non-hydrogen) atoms. The number of aliphatic hydroxyl groups excluding tert-OH is 1. The van der Waals surface area contributed by atoms with Gasteiger partial charge in [-0.15, -0.1) is 0 Å². The Morgan fingerprint density at radius 3 is 2.61 bits per heavy atom. The van der Waals surface area contributed by atoms with Crippen molar-refractivity contribution >= 4 is 5.78 Å². The summed E-state index contributed by atoms with van der Waals surface area (Å²) in [5.41, 5.74) is 3.70. The molecular formula is C20H26O3. The van der Waals surface area contributed by atoms with E-state index in [4.69, 9.17) is 4.42 Å². The molecule has 1 saturated carbocycles. The number of carbonyl (C=O) groups excluding carboxylic acids is 1. The van der Waals surface area contributed by atoms with Crippen LogP contribution in [-0.4, -0.2) is 10.9 Å². The standard InChI is InChI=1S/C20H26O3/c1-13-15(7-6-14-8-11-23-12-14)20(4)10-5-9-19(2,3)18(20)17(22)16(13)21/h8,11-12,22H,5-7,9-10H2,1-4H3. The van der Waals surface area contributed by atoms with Crippen LogP contribution in [0.15, 0.2) is 45.5 Å². The van der Waals surface area contributed by atoms with Crippen molar-refractivity contribution in [3.63, 3.8) is 0 Å². The van der Waals surface area contributed by atoms with E-state index in [9.17, 15) is 9.90 Å². The molecule has 1 aromatic rings. The number of allylic oxidation sites excluding steroid dienone is 3. The number of furan rings is 1. The molecule has 3 rings (SSSR count). The summed E-state index contributed by atoms with van der Waals surface area (Å²) in [5.74, 6) is -0.184. The Labute approximate surface area is 138 Å². The van der Waals surface area contributed by atoms with E-state index >= 15 is 0 Å². The Morgan fingerprint density at radius 2 is 1.96 bits per heavy atom. The topological polar surface area (TPSA) is 50.4 Å². The summed E-state index contributed by atoms with van der Waals surface area (Å²) in [6.45, 7) is 8.38. The molecule has 1 N–H and O–H groups in total. The lowest BCUT2D eigenvalue weighted by Crippen LogP contribution is -2.41. The Kier molecular flexibility index (Phi) is 3.78. The molecule has 3 nitrogen and oxygen atoms in total. The molecule has 2 aliphatic carbocycles. The summed E-state index contributed by atoms with van der Waals surface area (Å²) in [4.78, 5) is 12.6. The highest BCUT2D eigenvalue weighted by molar-refractivity contribution is 6.09. The average molecular weight is 314 g/mol. The lowest BCUT2D eigenvalue weighted by atomic mass is 9.54. The third-order valence-electron chi connectivity index (χ3n) is 5.86. The van der Waals surface area contributed by atoms with Gasteiger partial charge in [-0.2, -0.15) is 0 Å². The molecule has 0 aliphatic heterocycles. The smallest absolute Gasteiger partial charge is 0.222 e. The Hall–Kier alpha value is -1.77. The first kappa shape index (κ1) is 16.1. The van der Waals surface area contributed by atoms with Crippen LogP contribution in [0.25, 0.3) is 0 Å². The number of hydrogen-bond donors (Lipinski definition) is 1. The van der Waals surface area contributed by atoms with E-state index in [1.807, 2.05) is 13.0 Å². The second-order valence-corrected chi connectivity index (χ2v) is 7.86. The molecule has 0 saturated heterocycles. The van der Waals surface area contributed by atoms with Gasteiger partial charge in [-0.25, -0.2) is 0 Å². The van der Waals surface area contributed by atoms with E-state index in [2.05, 4.69) is 20.8 Å². The maximum atomic E-state index is 12.6. The highest BCUT2D eigenvalue weighted by atomic mass is 16.3. The molecule has 124 valence electrons. The van der Waals surface area contributed by atoms with Gasteiger partial charge in [0.1, 0.15) is 0 Å². The molecule has 1 aromatic heterocycles. The summed E-state index contributed by atoms with van der Waals surface area (Å²) in [5, 5.41) is 10.6. The third-order valence-corrected chi connectivity index (χ3v) is 5.86. The predicted octanol–water partition coefficient (Wildman–Crippen LogP) is 5.14. The quantitative estimate of drug-likeness (QED) is 0.840. The predicted molar refractivity (Wildman–Crippen MR) is 90.1 cm³/mol. The van der Waals surface area contributed by atoms with Gasteiger partial charge in [0.05, 0.1) is 12.5 Å². The largest absolute Gasteiger partial charge is 0.504 e. The van der Waals surface area contributed by atoms with Gasteiger partial charge in [0.25, 0.3) is 0 Å². The molecule has 2 aliphatic rings. The number of aryl methyl sites for hydroxylation is 1. The van der Waals surface area contributed by atoms with Gasteiger partial charge in [-0.3, -0.25) is 4.79 Å². The van der Waals surface area contributed by atoms with Crippen LogP contribution in [0.5, 0.6) is 0 Å². The first-order chi connectivity index (χ1) is 10.8. The van der Waals surface area contributed by atoms with Crippen LogP contribution < -0.4 is 0 Å². The van der Waals surface area contributed by atoms with Crippen molar-refractivity contribution in [2.24, 2.45) is 10.8 Å². The van der Waals surface area contributed by atoms with E-state index in [-0.39, 0.29) is 22.4 Å². The number of rotatable bonds is 3. The van der Waals surface area contributed by atoms with Crippen LogP contribution in [0.1, 0.15) is 58.9 Å². The summed E-state index contributed by atoms with van der Waals surface area (Å²) < 4.78 is 5.15. The van der Waals surface area contributed by atoms with E-state index in [1.165, 1.54) is 5.57 Å². The summed E-state index contributed by atoms with van der Waals surface area (Å²) in [7, 11) is 0. The molecule has 1 atom stereocenters. The number of hydrogen-bond acceptors (Lipinski definition) is 3. The van der Waals surface area contributed by atoms with Crippen molar-refractivity contribution in [1.82, 2.24) is 0 Å². The van der Waals surface area contributed by atoms with Gasteiger partial charge in [-0.05, 0) is 55.2 Å². The fraction of sp³-hybridized carbons (Fsp3) is 0.550. The lowest BCUT2D eigenvalue weighted by molar-refractivity contribution is -0.115. The second-order valence-electron chi connectivity index (χ2n) is 7.86. The van der Waals surface area contributed by atoms with Gasteiger partial charge in [-0.1, -0.05) is 32.8 Å². The maximum absolute atomic E-state index is 12.6. The van der Waals surface area contributed by atoms with E-state index in [0.717, 1.165) is 48.8 Å². The molecule has 0 spiro atoms. The zero-order valence-electron chi connectivity index (χ0n) is 14.5. The van der Waals surface area contributed by atoms with Gasteiger partial charge in [0.15, 0.2) is 5.76 Å². The molecule has 0 radical (unpaired) electrons. The Balaban J connectivity index is 2.02. The van der Waals surface area contributed by atoms with Crippen molar-refractivity contribution in [3.8, 4) is 0 Å². The van der Waals surface area contributed by atoms with Crippen molar-refractivity contribution in [3.05, 3.63) is 46.6 Å². The molecule has 1 unspecified atom stereocenters. The second kappa shape index (κ2) is 5.40. The van der Waals surface area contributed by atoms with Crippen LogP contribution in [-0.2, 0) is 11.2 Å². The van der Waals surface area contributed by atoms with Crippen LogP contribution in [0.2, 0.25) is 0 Å². The van der Waals surface area contributed by atoms with E-state index < -0.39 is 0 Å². The number of Topliss-reactive ketones (excluding diaryl/α,β-unsaturated/α-hetero) is 1. The number of fused-ring (bicyclic) bond motifs is 1. The zero-order valence-corrected chi connectivity index (χ0v) is 14.5. The monoisotopic (exact) mass is 314 g/mol. The average Bonchev–Trinajstić information content (AvgIpc) is 2.97. The molecule has 3 heteroatoms. The van der Waals surface area contributed by atoms with Gasteiger partial charge in [0, 0.05) is 11.0 Å². The number of carbonyl (C=O) groups is 1. The highest BCUT2D eigenvalue weighted by Crippen LogP contribution is 2.58. The Morgan fingerprint density at radius 1 is 1.22 bits per heavy atom. The molecular weight excluding hydrogens is 288 g/mol. The molecule has 1 fully saturated rings. The number of aliphatic hydroxyl groups is 1. The first-order valence-corrected chi connectivity index (χ1v) is 8.47. The van der Waals surface area contributed by atoms with E-state index in [0.29, 0.717) is 0 Å². The van der Waals surface area contributed by atoms with Crippen molar-refractivity contribution in [2.75, 3.05) is 0 Å². The SMILES string of the molecule is CC1=C(CCc2ccoc2)C2(C)CCCC(C)(C)C2=C(O)C1=O. The van der Waals surface area contributed by atoms with Crippen LogP contribution >= 0.6 is 0 Å². The van der Waals surface area contributed by atoms with Gasteiger partial charge >= 0.3 is 0 Å². The fourth-order valence-electron chi connectivity index (χ4n) is 4.77. The van der Waals surface area contributed by atoms with Crippen LogP contribution in [0, 0.1) is 10.8 Å². The van der Waals surface area contributed by atoms with Gasteiger partial charge < -0.3 is 9.52 Å². The lowest BCUT2D eigenvalue weighted by Gasteiger charge is -2.50. The zero-order chi connectivity index (χ0) is 16.8. The molecule has 0 bridgehead atoms. The number of ketones is 1. The van der Waals surface area contributed by atoms with Crippen LogP contribution in [0.3, 0.4) is 0 Å². The summed E-state index contributed by atoms with van der Waals surface area (Å²) >= 11 is 0. The third kappa shape index (κ3) is 2.46. The summed E-state index contributed by atoms with van der Waals surface area (Å²) in [6, 6.07) is 1.97. The first-order valence-electron chi connectivity index (χ1n) is 8.47.